The van der Waals surface area contributed by atoms with Crippen LogP contribution in [0.5, 0.6) is 0 Å². The molecule has 0 saturated carbocycles. The molecule has 1 aromatic heterocycles. The number of hydrogen-bond donors (Lipinski definition) is 1. The Morgan fingerprint density at radius 2 is 1.89 bits per heavy atom. The Morgan fingerprint density at radius 1 is 1.17 bits per heavy atom. The van der Waals surface area contributed by atoms with E-state index in [-0.39, 0.29) is 0 Å². The lowest BCUT2D eigenvalue weighted by atomic mass is 9.92. The Morgan fingerprint density at radius 3 is 2.50 bits per heavy atom. The van der Waals surface area contributed by atoms with Crippen LogP contribution in [0.1, 0.15) is 24.3 Å². The highest BCUT2D eigenvalue weighted by atomic mass is 32.2. The number of hydrogen-bond acceptors (Lipinski definition) is 4. The summed E-state index contributed by atoms with van der Waals surface area (Å²) in [6.07, 6.45) is 2.58. The maximum Gasteiger partial charge on any atom is 0.169 e. The Kier molecular flexibility index (Phi) is 3.28. The Hall–Kier alpha value is -1.42. The lowest BCUT2D eigenvalue weighted by Crippen LogP contribution is -2.07. The van der Waals surface area contributed by atoms with Gasteiger partial charge in [-0.25, -0.2) is 0 Å². The minimum Gasteiger partial charge on any atom is -0.381 e. The summed E-state index contributed by atoms with van der Waals surface area (Å²) in [5.41, 5.74) is 8.03. The van der Waals surface area contributed by atoms with Gasteiger partial charge in [0.1, 0.15) is 0 Å². The molecule has 1 fully saturated rings. The van der Waals surface area contributed by atoms with Crippen molar-refractivity contribution < 1.29 is 4.52 Å². The molecule has 0 amide bonds. The molecular weight excluding hydrogens is 244 g/mol. The maximum atomic E-state index is 5.56. The van der Waals surface area contributed by atoms with E-state index in [9.17, 15) is 0 Å². The van der Waals surface area contributed by atoms with Gasteiger partial charge in [0, 0.05) is 11.6 Å². The third kappa shape index (κ3) is 2.38. The summed E-state index contributed by atoms with van der Waals surface area (Å²) in [4.78, 5) is 0. The highest BCUT2D eigenvalue weighted by Crippen LogP contribution is 2.32. The van der Waals surface area contributed by atoms with Gasteiger partial charge < -0.3 is 10.3 Å². The number of aromatic nitrogens is 1. The molecular formula is C14H16N2OS. The fourth-order valence-corrected chi connectivity index (χ4v) is 3.48. The summed E-state index contributed by atoms with van der Waals surface area (Å²) in [6, 6.07) is 10.4. The largest absolute Gasteiger partial charge is 0.381 e. The maximum absolute atomic E-state index is 5.56. The number of thioether (sulfide) groups is 1. The predicted octanol–water partition coefficient (Wildman–Crippen LogP) is 3.53. The zero-order chi connectivity index (χ0) is 12.4. The lowest BCUT2D eigenvalue weighted by molar-refractivity contribution is 0.436. The van der Waals surface area contributed by atoms with E-state index in [2.05, 4.69) is 41.2 Å². The van der Waals surface area contributed by atoms with Crippen molar-refractivity contribution in [3.05, 3.63) is 35.9 Å². The summed E-state index contributed by atoms with van der Waals surface area (Å²) in [5, 5.41) is 3.71. The first-order valence-corrected chi connectivity index (χ1v) is 7.38. The van der Waals surface area contributed by atoms with Crippen LogP contribution >= 0.6 is 11.8 Å². The molecule has 94 valence electrons. The smallest absolute Gasteiger partial charge is 0.169 e. The average molecular weight is 260 g/mol. The fourth-order valence-electron chi connectivity index (χ4n) is 2.38. The van der Waals surface area contributed by atoms with Gasteiger partial charge >= 0.3 is 0 Å². The molecule has 0 spiro atoms. The minimum absolute atomic E-state index is 0.429. The van der Waals surface area contributed by atoms with Gasteiger partial charge in [-0.15, -0.1) is 0 Å². The molecule has 0 atom stereocenters. The number of nitrogens with zero attached hydrogens (tertiary/aromatic N) is 1. The summed E-state index contributed by atoms with van der Waals surface area (Å²) >= 11 is 2.06. The summed E-state index contributed by atoms with van der Waals surface area (Å²) in [7, 11) is 0. The summed E-state index contributed by atoms with van der Waals surface area (Å²) < 4.78 is 5.16. The van der Waals surface area contributed by atoms with Crippen LogP contribution in [0.15, 0.2) is 34.9 Å². The number of anilines is 1. The van der Waals surface area contributed by atoms with E-state index < -0.39 is 0 Å². The van der Waals surface area contributed by atoms with E-state index in [4.69, 9.17) is 10.3 Å². The normalized spacial score (nSPS) is 16.9. The molecule has 0 unspecified atom stereocenters. The van der Waals surface area contributed by atoms with Crippen molar-refractivity contribution in [2.24, 2.45) is 0 Å². The predicted molar refractivity (Wildman–Crippen MR) is 75.7 cm³/mol. The highest BCUT2D eigenvalue weighted by molar-refractivity contribution is 7.99. The SMILES string of the molecule is Nc1cc(-c2ccc(C3CCSCC3)cc2)on1. The van der Waals surface area contributed by atoms with Crippen molar-refractivity contribution in [2.45, 2.75) is 18.8 Å². The third-order valence-electron chi connectivity index (χ3n) is 3.42. The number of benzene rings is 1. The molecule has 1 aromatic carbocycles. The summed E-state index contributed by atoms with van der Waals surface area (Å²) in [6.45, 7) is 0. The van der Waals surface area contributed by atoms with Crippen molar-refractivity contribution in [1.82, 2.24) is 5.16 Å². The number of rotatable bonds is 2. The van der Waals surface area contributed by atoms with Crippen molar-refractivity contribution in [3.8, 4) is 11.3 Å². The molecule has 1 saturated heterocycles. The molecule has 0 radical (unpaired) electrons. The van der Waals surface area contributed by atoms with Crippen LogP contribution in [0.3, 0.4) is 0 Å². The lowest BCUT2D eigenvalue weighted by Gasteiger charge is -2.21. The monoisotopic (exact) mass is 260 g/mol. The van der Waals surface area contributed by atoms with Gasteiger partial charge in [0.2, 0.25) is 0 Å². The van der Waals surface area contributed by atoms with Gasteiger partial charge in [0.25, 0.3) is 0 Å². The highest BCUT2D eigenvalue weighted by Gasteiger charge is 2.15. The Labute approximate surface area is 111 Å². The molecule has 2 N–H and O–H groups in total. The molecule has 0 bridgehead atoms. The molecule has 4 heteroatoms. The third-order valence-corrected chi connectivity index (χ3v) is 4.47. The van der Waals surface area contributed by atoms with Crippen LogP contribution in [-0.4, -0.2) is 16.7 Å². The quantitative estimate of drug-likeness (QED) is 0.897. The van der Waals surface area contributed by atoms with Crippen molar-refractivity contribution in [2.75, 3.05) is 17.2 Å². The van der Waals surface area contributed by atoms with Crippen LogP contribution in [0.25, 0.3) is 11.3 Å². The Bertz CT molecular complexity index is 515. The van der Waals surface area contributed by atoms with Crippen molar-refractivity contribution >= 4 is 17.6 Å². The standard InChI is InChI=1S/C14H16N2OS/c15-14-9-13(17-16-14)12-3-1-10(2-4-12)11-5-7-18-8-6-11/h1-4,9,11H,5-8H2,(H2,15,16). The van der Waals surface area contributed by atoms with Crippen LogP contribution in [-0.2, 0) is 0 Å². The van der Waals surface area contributed by atoms with E-state index in [1.165, 1.54) is 29.9 Å². The molecule has 1 aliphatic heterocycles. The van der Waals surface area contributed by atoms with Crippen molar-refractivity contribution in [3.63, 3.8) is 0 Å². The zero-order valence-electron chi connectivity index (χ0n) is 10.1. The van der Waals surface area contributed by atoms with Crippen molar-refractivity contribution in [1.29, 1.82) is 0 Å². The van der Waals surface area contributed by atoms with E-state index in [1.807, 2.05) is 0 Å². The minimum atomic E-state index is 0.429. The van der Waals surface area contributed by atoms with E-state index >= 15 is 0 Å². The van der Waals surface area contributed by atoms with Crippen LogP contribution in [0.2, 0.25) is 0 Å². The number of nitrogens with two attached hydrogens (primary N) is 1. The second-order valence-corrected chi connectivity index (χ2v) is 5.85. The molecule has 3 rings (SSSR count). The van der Waals surface area contributed by atoms with E-state index in [0.29, 0.717) is 5.82 Å². The second-order valence-electron chi connectivity index (χ2n) is 4.62. The van der Waals surface area contributed by atoms with Gasteiger partial charge in [0.15, 0.2) is 11.6 Å². The first-order chi connectivity index (χ1) is 8.83. The molecule has 1 aliphatic rings. The van der Waals surface area contributed by atoms with E-state index in [0.717, 1.165) is 17.2 Å². The molecule has 2 heterocycles. The van der Waals surface area contributed by atoms with Crippen LogP contribution < -0.4 is 5.73 Å². The topological polar surface area (TPSA) is 52.0 Å². The average Bonchev–Trinajstić information content (AvgIpc) is 2.87. The van der Waals surface area contributed by atoms with Crippen LogP contribution in [0, 0.1) is 0 Å². The van der Waals surface area contributed by atoms with Gasteiger partial charge in [-0.1, -0.05) is 29.4 Å². The first-order valence-electron chi connectivity index (χ1n) is 6.23. The van der Waals surface area contributed by atoms with E-state index in [1.54, 1.807) is 6.07 Å². The van der Waals surface area contributed by atoms with Gasteiger partial charge in [-0.05, 0) is 35.8 Å². The van der Waals surface area contributed by atoms with Crippen LogP contribution in [0.4, 0.5) is 5.82 Å². The molecule has 3 nitrogen and oxygen atoms in total. The van der Waals surface area contributed by atoms with Gasteiger partial charge in [-0.2, -0.15) is 11.8 Å². The molecule has 18 heavy (non-hydrogen) atoms. The zero-order valence-corrected chi connectivity index (χ0v) is 11.0. The second kappa shape index (κ2) is 5.06. The van der Waals surface area contributed by atoms with Gasteiger partial charge in [0.05, 0.1) is 0 Å². The molecule has 0 aliphatic carbocycles. The van der Waals surface area contributed by atoms with Gasteiger partial charge in [-0.3, -0.25) is 0 Å². The fraction of sp³-hybridized carbons (Fsp3) is 0.357. The summed E-state index contributed by atoms with van der Waals surface area (Å²) in [5.74, 6) is 4.45. The molecule has 2 aromatic rings. The Balaban J connectivity index is 1.80. The first kappa shape index (κ1) is 11.7. The number of nitrogen functional groups attached to an aromatic ring is 1.